The van der Waals surface area contributed by atoms with Crippen molar-refractivity contribution in [2.24, 2.45) is 0 Å². The van der Waals surface area contributed by atoms with Crippen molar-refractivity contribution in [2.75, 3.05) is 0 Å². The van der Waals surface area contributed by atoms with Gasteiger partial charge < -0.3 is 0 Å². The Hall–Kier alpha value is -0.890. The first-order valence-electron chi connectivity index (χ1n) is 4.79. The second-order valence-corrected chi connectivity index (χ2v) is 3.59. The molecular formula is C12H14BrN. The molecule has 2 aromatic rings. The molecule has 2 rings (SSSR count). The molecule has 1 aromatic carbocycles. The largest absolute Gasteiger partial charge is 0.260 e. The average molecular weight is 252 g/mol. The maximum Gasteiger partial charge on any atom is 0.0451 e. The zero-order valence-electron chi connectivity index (χ0n) is 8.71. The Morgan fingerprint density at radius 1 is 1.07 bits per heavy atom. The van der Waals surface area contributed by atoms with E-state index < -0.39 is 0 Å². The molecule has 0 fully saturated rings. The summed E-state index contributed by atoms with van der Waals surface area (Å²) in [6, 6.07) is 8.24. The Morgan fingerprint density at radius 2 is 1.64 bits per heavy atom. The molecule has 0 amide bonds. The molecule has 1 aromatic heterocycles. The average Bonchev–Trinajstić information content (AvgIpc) is 2.27. The fraction of sp³-hybridized carbons (Fsp3) is 0.250. The van der Waals surface area contributed by atoms with Crippen molar-refractivity contribution in [1.82, 2.24) is 4.98 Å². The predicted molar refractivity (Wildman–Crippen MR) is 65.5 cm³/mol. The van der Waals surface area contributed by atoms with E-state index in [1.54, 1.807) is 0 Å². The van der Waals surface area contributed by atoms with Gasteiger partial charge in [0, 0.05) is 21.7 Å². The Balaban J connectivity index is 0.000000461. The Morgan fingerprint density at radius 3 is 2.21 bits per heavy atom. The highest BCUT2D eigenvalue weighted by Crippen LogP contribution is 2.24. The molecule has 74 valence electrons. The lowest BCUT2D eigenvalue weighted by molar-refractivity contribution is 1.23. The summed E-state index contributed by atoms with van der Waals surface area (Å²) in [5.74, 6) is 0. The van der Waals surface area contributed by atoms with Gasteiger partial charge >= 0.3 is 0 Å². The number of halogens is 1. The molecule has 0 bridgehead atoms. The molecular weight excluding hydrogens is 238 g/mol. The van der Waals surface area contributed by atoms with Gasteiger partial charge in [0.2, 0.25) is 0 Å². The van der Waals surface area contributed by atoms with Gasteiger partial charge in [-0.1, -0.05) is 38.1 Å². The number of aromatic nitrogens is 1. The lowest BCUT2D eigenvalue weighted by atomic mass is 10.1. The third kappa shape index (κ3) is 2.13. The SMILES string of the molecule is CC.Cc1ncc(Br)c2ccccc12. The molecule has 0 radical (unpaired) electrons. The Kier molecular flexibility index (Phi) is 4.08. The van der Waals surface area contributed by atoms with Gasteiger partial charge in [0.25, 0.3) is 0 Å². The lowest BCUT2D eigenvalue weighted by Gasteiger charge is -2.01. The van der Waals surface area contributed by atoms with Crippen molar-refractivity contribution >= 4 is 26.7 Å². The number of benzene rings is 1. The van der Waals surface area contributed by atoms with Crippen LogP contribution in [0, 0.1) is 6.92 Å². The normalized spacial score (nSPS) is 9.43. The van der Waals surface area contributed by atoms with Crippen LogP contribution < -0.4 is 0 Å². The minimum atomic E-state index is 1.06. The van der Waals surface area contributed by atoms with Crippen LogP contribution in [-0.2, 0) is 0 Å². The number of nitrogens with zero attached hydrogens (tertiary/aromatic N) is 1. The molecule has 0 aliphatic carbocycles. The molecule has 0 unspecified atom stereocenters. The zero-order chi connectivity index (χ0) is 10.6. The standard InChI is InChI=1S/C10H8BrN.C2H6/c1-7-8-4-2-3-5-9(8)10(11)6-12-7;1-2/h2-6H,1H3;1-2H3. The smallest absolute Gasteiger partial charge is 0.0451 e. The molecule has 2 heteroatoms. The number of aryl methyl sites for hydroxylation is 1. The minimum absolute atomic E-state index is 1.06. The fourth-order valence-electron chi connectivity index (χ4n) is 1.30. The van der Waals surface area contributed by atoms with E-state index in [1.165, 1.54) is 10.8 Å². The highest BCUT2D eigenvalue weighted by molar-refractivity contribution is 9.10. The van der Waals surface area contributed by atoms with Crippen molar-refractivity contribution in [3.05, 3.63) is 40.6 Å². The molecule has 0 N–H and O–H groups in total. The molecule has 1 heterocycles. The van der Waals surface area contributed by atoms with Gasteiger partial charge in [-0.3, -0.25) is 4.98 Å². The summed E-state index contributed by atoms with van der Waals surface area (Å²) in [7, 11) is 0. The van der Waals surface area contributed by atoms with Crippen molar-refractivity contribution in [1.29, 1.82) is 0 Å². The van der Waals surface area contributed by atoms with Gasteiger partial charge in [0.15, 0.2) is 0 Å². The number of hydrogen-bond acceptors (Lipinski definition) is 1. The first-order chi connectivity index (χ1) is 6.79. The minimum Gasteiger partial charge on any atom is -0.260 e. The molecule has 0 aliphatic rings. The highest BCUT2D eigenvalue weighted by atomic mass is 79.9. The molecule has 0 saturated heterocycles. The topological polar surface area (TPSA) is 12.9 Å². The van der Waals surface area contributed by atoms with Crippen molar-refractivity contribution in [3.63, 3.8) is 0 Å². The van der Waals surface area contributed by atoms with Gasteiger partial charge in [-0.15, -0.1) is 0 Å². The van der Waals surface area contributed by atoms with Crippen LogP contribution in [0.1, 0.15) is 19.5 Å². The van der Waals surface area contributed by atoms with E-state index in [9.17, 15) is 0 Å². The van der Waals surface area contributed by atoms with Crippen molar-refractivity contribution < 1.29 is 0 Å². The summed E-state index contributed by atoms with van der Waals surface area (Å²) in [5, 5.41) is 2.44. The number of hydrogen-bond donors (Lipinski definition) is 0. The van der Waals surface area contributed by atoms with E-state index in [0.29, 0.717) is 0 Å². The van der Waals surface area contributed by atoms with Crippen LogP contribution in [0.2, 0.25) is 0 Å². The maximum atomic E-state index is 4.26. The zero-order valence-corrected chi connectivity index (χ0v) is 10.3. The van der Waals surface area contributed by atoms with Gasteiger partial charge in [0.1, 0.15) is 0 Å². The van der Waals surface area contributed by atoms with Crippen LogP contribution in [0.5, 0.6) is 0 Å². The van der Waals surface area contributed by atoms with Gasteiger partial charge in [-0.25, -0.2) is 0 Å². The maximum absolute atomic E-state index is 4.26. The molecule has 14 heavy (non-hydrogen) atoms. The number of pyridine rings is 1. The van der Waals surface area contributed by atoms with E-state index in [4.69, 9.17) is 0 Å². The van der Waals surface area contributed by atoms with Gasteiger partial charge in [-0.05, 0) is 28.2 Å². The third-order valence-corrected chi connectivity index (χ3v) is 2.58. The number of fused-ring (bicyclic) bond motifs is 1. The summed E-state index contributed by atoms with van der Waals surface area (Å²) >= 11 is 3.47. The predicted octanol–water partition coefficient (Wildman–Crippen LogP) is 4.33. The van der Waals surface area contributed by atoms with Crippen LogP contribution in [0.3, 0.4) is 0 Å². The molecule has 0 atom stereocenters. The van der Waals surface area contributed by atoms with Crippen LogP contribution in [0.15, 0.2) is 34.9 Å². The molecule has 0 saturated carbocycles. The molecule has 0 aliphatic heterocycles. The fourth-order valence-corrected chi connectivity index (χ4v) is 1.75. The van der Waals surface area contributed by atoms with Gasteiger partial charge in [0.05, 0.1) is 0 Å². The summed E-state index contributed by atoms with van der Waals surface area (Å²) in [6.45, 7) is 6.02. The van der Waals surface area contributed by atoms with E-state index in [1.807, 2.05) is 39.1 Å². The number of rotatable bonds is 0. The second-order valence-electron chi connectivity index (χ2n) is 2.74. The lowest BCUT2D eigenvalue weighted by Crippen LogP contribution is -1.83. The van der Waals surface area contributed by atoms with Crippen LogP contribution >= 0.6 is 15.9 Å². The summed E-state index contributed by atoms with van der Waals surface area (Å²) < 4.78 is 1.06. The monoisotopic (exact) mass is 251 g/mol. The third-order valence-electron chi connectivity index (χ3n) is 1.95. The summed E-state index contributed by atoms with van der Waals surface area (Å²) in [6.07, 6.45) is 1.84. The summed E-state index contributed by atoms with van der Waals surface area (Å²) in [4.78, 5) is 4.26. The van der Waals surface area contributed by atoms with Crippen molar-refractivity contribution in [3.8, 4) is 0 Å². The van der Waals surface area contributed by atoms with E-state index in [0.717, 1.165) is 10.2 Å². The van der Waals surface area contributed by atoms with Crippen LogP contribution in [-0.4, -0.2) is 4.98 Å². The van der Waals surface area contributed by atoms with Crippen LogP contribution in [0.25, 0.3) is 10.8 Å². The van der Waals surface area contributed by atoms with Crippen molar-refractivity contribution in [2.45, 2.75) is 20.8 Å². The van der Waals surface area contributed by atoms with E-state index in [2.05, 4.69) is 33.0 Å². The second kappa shape index (κ2) is 5.11. The first kappa shape index (κ1) is 11.2. The quantitative estimate of drug-likeness (QED) is 0.679. The van der Waals surface area contributed by atoms with Gasteiger partial charge in [-0.2, -0.15) is 0 Å². The van der Waals surface area contributed by atoms with E-state index in [-0.39, 0.29) is 0 Å². The van der Waals surface area contributed by atoms with E-state index >= 15 is 0 Å². The summed E-state index contributed by atoms with van der Waals surface area (Å²) in [5.41, 5.74) is 1.08. The highest BCUT2D eigenvalue weighted by Gasteiger charge is 1.99. The molecule has 1 nitrogen and oxygen atoms in total. The first-order valence-corrected chi connectivity index (χ1v) is 5.58. The molecule has 0 spiro atoms. The van der Waals surface area contributed by atoms with Crippen LogP contribution in [0.4, 0.5) is 0 Å². The Bertz CT molecular complexity index is 383. The Labute approximate surface area is 93.3 Å².